The zero-order valence-electron chi connectivity index (χ0n) is 7.14. The zero-order chi connectivity index (χ0) is 9.14. The lowest BCUT2D eigenvalue weighted by atomic mass is 10.1. The molecular formula is C9H11Cl2N. The lowest BCUT2D eigenvalue weighted by molar-refractivity contribution is 0.727. The molecule has 0 amide bonds. The van der Waals surface area contributed by atoms with Crippen LogP contribution < -0.4 is 0 Å². The largest absolute Gasteiger partial charge is 0.242 e. The van der Waals surface area contributed by atoms with E-state index < -0.39 is 0 Å². The third-order valence-electron chi connectivity index (χ3n) is 1.74. The fourth-order valence-corrected chi connectivity index (χ4v) is 1.44. The molecule has 0 radical (unpaired) electrons. The number of rotatable bonds is 0. The summed E-state index contributed by atoms with van der Waals surface area (Å²) in [7, 11) is 0. The minimum atomic E-state index is 0.339. The Morgan fingerprint density at radius 2 is 2.17 bits per heavy atom. The molecule has 12 heavy (non-hydrogen) atoms. The summed E-state index contributed by atoms with van der Waals surface area (Å²) in [6.07, 6.45) is 4.61. The Hall–Kier alpha value is -0.270. The average Bonchev–Trinajstić information content (AvgIpc) is 1.98. The summed E-state index contributed by atoms with van der Waals surface area (Å²) >= 11 is 11.8. The van der Waals surface area contributed by atoms with Gasteiger partial charge in [0.05, 0.1) is 0 Å². The summed E-state index contributed by atoms with van der Waals surface area (Å²) in [6.45, 7) is 3.95. The molecule has 0 aromatic carbocycles. The van der Waals surface area contributed by atoms with Crippen LogP contribution in [0.2, 0.25) is 0 Å². The number of hydrogen-bond donors (Lipinski definition) is 0. The molecule has 66 valence electrons. The summed E-state index contributed by atoms with van der Waals surface area (Å²) in [5.74, 6) is 0.339. The van der Waals surface area contributed by atoms with Crippen molar-refractivity contribution in [3.05, 3.63) is 22.3 Å². The van der Waals surface area contributed by atoms with Crippen LogP contribution >= 0.6 is 23.2 Å². The fourth-order valence-electron chi connectivity index (χ4n) is 0.975. The summed E-state index contributed by atoms with van der Waals surface area (Å²) in [6, 6.07) is 0. The maximum absolute atomic E-state index is 5.99. The number of hydrogen-bond acceptors (Lipinski definition) is 1. The first-order valence-electron chi connectivity index (χ1n) is 3.87. The first-order chi connectivity index (χ1) is 5.59. The van der Waals surface area contributed by atoms with Crippen LogP contribution in [0.5, 0.6) is 0 Å². The second-order valence-corrected chi connectivity index (χ2v) is 3.77. The first-order valence-corrected chi connectivity index (χ1v) is 4.63. The molecular weight excluding hydrogens is 193 g/mol. The third-order valence-corrected chi connectivity index (χ3v) is 2.46. The Morgan fingerprint density at radius 1 is 1.50 bits per heavy atom. The van der Waals surface area contributed by atoms with Crippen LogP contribution in [0.25, 0.3) is 0 Å². The molecule has 1 atom stereocenters. The molecule has 0 aromatic rings. The van der Waals surface area contributed by atoms with E-state index in [1.807, 2.05) is 19.1 Å². The molecule has 3 heteroatoms. The van der Waals surface area contributed by atoms with Gasteiger partial charge in [0.25, 0.3) is 0 Å². The maximum Gasteiger partial charge on any atom is 0.125 e. The lowest BCUT2D eigenvalue weighted by Crippen LogP contribution is -1.98. The summed E-state index contributed by atoms with van der Waals surface area (Å²) in [4.78, 5) is 4.10. The van der Waals surface area contributed by atoms with Crippen molar-refractivity contribution in [3.8, 4) is 0 Å². The molecule has 0 aromatic heterocycles. The van der Waals surface area contributed by atoms with Gasteiger partial charge in [0, 0.05) is 10.7 Å². The van der Waals surface area contributed by atoms with Crippen molar-refractivity contribution in [3.63, 3.8) is 0 Å². The highest BCUT2D eigenvalue weighted by atomic mass is 35.5. The quantitative estimate of drug-likeness (QED) is 0.533. The SMILES string of the molecule is CC1=N/C(Cl)=C/CC(C)/C(Cl)=C\1. The zero-order valence-corrected chi connectivity index (χ0v) is 8.65. The van der Waals surface area contributed by atoms with Gasteiger partial charge in [0.2, 0.25) is 0 Å². The molecule has 1 aliphatic heterocycles. The van der Waals surface area contributed by atoms with Gasteiger partial charge in [-0.25, -0.2) is 4.99 Å². The first kappa shape index (κ1) is 9.82. The van der Waals surface area contributed by atoms with Crippen LogP contribution in [0.15, 0.2) is 27.3 Å². The molecule has 0 aliphatic carbocycles. The Labute approximate surface area is 82.8 Å². The molecule has 0 spiro atoms. The minimum Gasteiger partial charge on any atom is -0.242 e. The van der Waals surface area contributed by atoms with Crippen LogP contribution in [0.3, 0.4) is 0 Å². The summed E-state index contributed by atoms with van der Waals surface area (Å²) in [5.41, 5.74) is 0.854. The van der Waals surface area contributed by atoms with Gasteiger partial charge < -0.3 is 0 Å². The van der Waals surface area contributed by atoms with Gasteiger partial charge in [0.1, 0.15) is 5.16 Å². The topological polar surface area (TPSA) is 12.4 Å². The van der Waals surface area contributed by atoms with Gasteiger partial charge in [-0.15, -0.1) is 0 Å². The third kappa shape index (κ3) is 2.65. The standard InChI is InChI=1S/C9H11Cl2N/c1-6-3-4-9(11)12-7(2)5-8(6)10/h4-6H,3H2,1-2H3/b8-5+,9-4+,12-7-. The number of allylic oxidation sites excluding steroid dienone is 3. The molecule has 1 heterocycles. The van der Waals surface area contributed by atoms with E-state index in [9.17, 15) is 0 Å². The van der Waals surface area contributed by atoms with Gasteiger partial charge in [-0.05, 0) is 31.4 Å². The van der Waals surface area contributed by atoms with Gasteiger partial charge in [-0.3, -0.25) is 0 Å². The molecule has 1 rings (SSSR count). The van der Waals surface area contributed by atoms with Crippen molar-refractivity contribution >= 4 is 28.9 Å². The van der Waals surface area contributed by atoms with Gasteiger partial charge in [0.15, 0.2) is 0 Å². The van der Waals surface area contributed by atoms with E-state index in [4.69, 9.17) is 23.2 Å². The second kappa shape index (κ2) is 4.11. The van der Waals surface area contributed by atoms with E-state index in [1.54, 1.807) is 0 Å². The van der Waals surface area contributed by atoms with E-state index in [0.717, 1.165) is 17.2 Å². The summed E-state index contributed by atoms with van der Waals surface area (Å²) < 4.78 is 0. The normalized spacial score (nSPS) is 38.0. The molecule has 0 bridgehead atoms. The monoisotopic (exact) mass is 203 g/mol. The summed E-state index contributed by atoms with van der Waals surface area (Å²) in [5, 5.41) is 1.40. The van der Waals surface area contributed by atoms with Crippen molar-refractivity contribution in [2.75, 3.05) is 0 Å². The highest BCUT2D eigenvalue weighted by molar-refractivity contribution is 6.32. The number of halogens is 2. The van der Waals surface area contributed by atoms with Crippen LogP contribution in [-0.4, -0.2) is 5.71 Å². The molecule has 0 fully saturated rings. The minimum absolute atomic E-state index is 0.339. The molecule has 1 unspecified atom stereocenters. The van der Waals surface area contributed by atoms with Crippen LogP contribution in [0, 0.1) is 5.92 Å². The molecule has 0 saturated carbocycles. The van der Waals surface area contributed by atoms with Gasteiger partial charge >= 0.3 is 0 Å². The number of nitrogens with zero attached hydrogens (tertiary/aromatic N) is 1. The van der Waals surface area contributed by atoms with Crippen LogP contribution in [0.4, 0.5) is 0 Å². The van der Waals surface area contributed by atoms with E-state index >= 15 is 0 Å². The highest BCUT2D eigenvalue weighted by Crippen LogP contribution is 2.23. The van der Waals surface area contributed by atoms with Crippen molar-refractivity contribution < 1.29 is 0 Å². The van der Waals surface area contributed by atoms with Crippen molar-refractivity contribution in [2.45, 2.75) is 20.3 Å². The predicted octanol–water partition coefficient (Wildman–Crippen LogP) is 3.69. The second-order valence-electron chi connectivity index (χ2n) is 2.95. The number of aliphatic imine (C=N–C) groups is 1. The lowest BCUT2D eigenvalue weighted by Gasteiger charge is -2.09. The Kier molecular flexibility index (Phi) is 3.36. The van der Waals surface area contributed by atoms with Crippen molar-refractivity contribution in [1.82, 2.24) is 0 Å². The molecule has 1 nitrogen and oxygen atoms in total. The average molecular weight is 204 g/mol. The van der Waals surface area contributed by atoms with Gasteiger partial charge in [-0.2, -0.15) is 0 Å². The van der Waals surface area contributed by atoms with Crippen molar-refractivity contribution in [2.24, 2.45) is 10.9 Å². The Balaban J connectivity index is 2.96. The Bertz CT molecular complexity index is 264. The highest BCUT2D eigenvalue weighted by Gasteiger charge is 2.07. The fraction of sp³-hybridized carbons (Fsp3) is 0.444. The molecule has 0 saturated heterocycles. The van der Waals surface area contributed by atoms with E-state index in [0.29, 0.717) is 11.1 Å². The van der Waals surface area contributed by atoms with E-state index in [2.05, 4.69) is 11.9 Å². The van der Waals surface area contributed by atoms with Gasteiger partial charge in [-0.1, -0.05) is 30.1 Å². The Morgan fingerprint density at radius 3 is 2.83 bits per heavy atom. The molecule has 1 aliphatic rings. The van der Waals surface area contributed by atoms with Crippen LogP contribution in [0.1, 0.15) is 20.3 Å². The maximum atomic E-state index is 5.99. The van der Waals surface area contributed by atoms with E-state index in [1.165, 1.54) is 0 Å². The predicted molar refractivity (Wildman–Crippen MR) is 54.8 cm³/mol. The smallest absolute Gasteiger partial charge is 0.125 e. The van der Waals surface area contributed by atoms with Crippen molar-refractivity contribution in [1.29, 1.82) is 0 Å². The van der Waals surface area contributed by atoms with Crippen LogP contribution in [-0.2, 0) is 0 Å². The molecule has 0 N–H and O–H groups in total. The van der Waals surface area contributed by atoms with E-state index in [-0.39, 0.29) is 0 Å².